The number of benzene rings is 1. The van der Waals surface area contributed by atoms with Crippen molar-refractivity contribution in [3.63, 3.8) is 0 Å². The molecule has 1 unspecified atom stereocenters. The third-order valence-electron chi connectivity index (χ3n) is 3.72. The van der Waals surface area contributed by atoms with Gasteiger partial charge in [-0.3, -0.25) is 4.98 Å². The molecule has 1 N–H and O–H groups in total. The van der Waals surface area contributed by atoms with E-state index in [1.54, 1.807) is 12.4 Å². The molecule has 1 aliphatic heterocycles. The fourth-order valence-corrected chi connectivity index (χ4v) is 2.72. The predicted octanol–water partition coefficient (Wildman–Crippen LogP) is 2.04. The molecular weight excluding hydrogens is 306 g/mol. The Bertz CT molecular complexity index is 932. The highest BCUT2D eigenvalue weighted by atomic mass is 16.2. The fourth-order valence-electron chi connectivity index (χ4n) is 2.72. The van der Waals surface area contributed by atoms with Crippen LogP contribution in [0.4, 0.5) is 4.79 Å². The van der Waals surface area contributed by atoms with Gasteiger partial charge in [0.05, 0.1) is 17.8 Å². The number of nitrogens with zero attached hydrogens (tertiary/aromatic N) is 6. The number of aromatic amines is 1. The van der Waals surface area contributed by atoms with Crippen LogP contribution in [0.3, 0.4) is 0 Å². The summed E-state index contributed by atoms with van der Waals surface area (Å²) in [7, 11) is 0. The van der Waals surface area contributed by atoms with Gasteiger partial charge in [0, 0.05) is 18.0 Å². The second kappa shape index (κ2) is 5.92. The van der Waals surface area contributed by atoms with Crippen molar-refractivity contribution < 1.29 is 4.79 Å². The van der Waals surface area contributed by atoms with Crippen LogP contribution in [0.1, 0.15) is 17.0 Å². The van der Waals surface area contributed by atoms with Gasteiger partial charge >= 0.3 is 6.03 Å². The topological polar surface area (TPSA) is 109 Å². The highest BCUT2D eigenvalue weighted by molar-refractivity contribution is 6.40. The Kier molecular flexibility index (Phi) is 3.47. The molecule has 0 radical (unpaired) electrons. The lowest BCUT2D eigenvalue weighted by atomic mass is 9.85. The molecule has 8 heteroatoms. The van der Waals surface area contributed by atoms with Gasteiger partial charge in [0.1, 0.15) is 0 Å². The molecule has 8 nitrogen and oxygen atoms in total. The van der Waals surface area contributed by atoms with E-state index < -0.39 is 6.03 Å². The summed E-state index contributed by atoms with van der Waals surface area (Å²) in [6.45, 7) is 0. The van der Waals surface area contributed by atoms with Gasteiger partial charge in [0.15, 0.2) is 5.82 Å². The van der Waals surface area contributed by atoms with Crippen LogP contribution >= 0.6 is 0 Å². The Morgan fingerprint density at radius 1 is 1.08 bits per heavy atom. The molecular formula is C16H11N7O. The first-order valence-electron chi connectivity index (χ1n) is 7.22. The Morgan fingerprint density at radius 2 is 2.00 bits per heavy atom. The number of rotatable bonds is 4. The average molecular weight is 317 g/mol. The van der Waals surface area contributed by atoms with Crippen molar-refractivity contribution in [3.8, 4) is 11.4 Å². The van der Waals surface area contributed by atoms with Gasteiger partial charge < -0.3 is 0 Å². The van der Waals surface area contributed by atoms with Gasteiger partial charge in [-0.25, -0.2) is 9.89 Å². The first-order valence-corrected chi connectivity index (χ1v) is 7.22. The van der Waals surface area contributed by atoms with Crippen LogP contribution in [0.25, 0.3) is 11.4 Å². The van der Waals surface area contributed by atoms with E-state index in [-0.39, 0.29) is 5.92 Å². The first kappa shape index (κ1) is 14.1. The minimum Gasteiger partial charge on any atom is -0.264 e. The van der Waals surface area contributed by atoms with E-state index in [1.165, 1.54) is 6.21 Å². The highest BCUT2D eigenvalue weighted by Gasteiger charge is 2.26. The molecule has 0 bridgehead atoms. The molecule has 2 aromatic heterocycles. The second-order valence-corrected chi connectivity index (χ2v) is 5.13. The monoisotopic (exact) mass is 317 g/mol. The molecule has 0 spiro atoms. The maximum Gasteiger partial charge on any atom is 0.367 e. The molecule has 3 heterocycles. The van der Waals surface area contributed by atoms with Crippen molar-refractivity contribution in [1.82, 2.24) is 25.6 Å². The highest BCUT2D eigenvalue weighted by Crippen LogP contribution is 2.33. The fraction of sp³-hybridized carbons (Fsp3) is 0.0625. The number of hydrogen-bond donors (Lipinski definition) is 1. The number of tetrazole rings is 1. The van der Waals surface area contributed by atoms with Crippen LogP contribution in [-0.4, -0.2) is 43.6 Å². The number of aromatic nitrogens is 5. The number of nitrogens with one attached hydrogen (secondary N) is 1. The molecule has 4 rings (SSSR count). The van der Waals surface area contributed by atoms with E-state index in [4.69, 9.17) is 0 Å². The summed E-state index contributed by atoms with van der Waals surface area (Å²) >= 11 is 0. The maximum absolute atomic E-state index is 11.5. The molecule has 2 amide bonds. The van der Waals surface area contributed by atoms with E-state index in [0.717, 1.165) is 16.7 Å². The molecule has 116 valence electrons. The Labute approximate surface area is 136 Å². The Hall–Kier alpha value is -3.55. The molecule has 0 fully saturated rings. The summed E-state index contributed by atoms with van der Waals surface area (Å²) in [5, 5.41) is 14.0. The third kappa shape index (κ3) is 2.50. The lowest BCUT2D eigenvalue weighted by molar-refractivity contribution is 0.257. The van der Waals surface area contributed by atoms with Crippen LogP contribution < -0.4 is 0 Å². The van der Waals surface area contributed by atoms with Crippen molar-refractivity contribution >= 4 is 18.0 Å². The second-order valence-electron chi connectivity index (χ2n) is 5.13. The smallest absolute Gasteiger partial charge is 0.264 e. The summed E-state index contributed by atoms with van der Waals surface area (Å²) in [6, 6.07) is 11.0. The number of carbonyl (C=O) groups is 1. The summed E-state index contributed by atoms with van der Waals surface area (Å²) in [5.74, 6) is 0.247. The minimum absolute atomic E-state index is 0.296. The van der Waals surface area contributed by atoms with E-state index in [2.05, 4.69) is 35.6 Å². The lowest BCUT2D eigenvalue weighted by Crippen LogP contribution is -2.15. The third-order valence-corrected chi connectivity index (χ3v) is 3.72. The summed E-state index contributed by atoms with van der Waals surface area (Å²) in [6.07, 6.45) is 4.94. The number of carbonyl (C=O) groups excluding carboxylic acids is 1. The van der Waals surface area contributed by atoms with Crippen molar-refractivity contribution in [2.75, 3.05) is 0 Å². The SMILES string of the molecule is O=C1N=CC(C(c2cccnc2)c2ccccc2-c2nnn[nH]2)=N1. The molecule has 1 atom stereocenters. The average Bonchev–Trinajstić information content (AvgIpc) is 3.29. The Balaban J connectivity index is 1.91. The minimum atomic E-state index is -0.502. The van der Waals surface area contributed by atoms with Crippen LogP contribution in [0.15, 0.2) is 58.8 Å². The van der Waals surface area contributed by atoms with Crippen molar-refractivity contribution in [1.29, 1.82) is 0 Å². The van der Waals surface area contributed by atoms with E-state index >= 15 is 0 Å². The molecule has 0 aliphatic carbocycles. The van der Waals surface area contributed by atoms with Crippen molar-refractivity contribution in [2.24, 2.45) is 9.98 Å². The van der Waals surface area contributed by atoms with Gasteiger partial charge in [-0.2, -0.15) is 9.98 Å². The van der Waals surface area contributed by atoms with Crippen LogP contribution in [0.5, 0.6) is 0 Å². The number of hydrogen-bond acceptors (Lipinski definition) is 5. The summed E-state index contributed by atoms with van der Waals surface area (Å²) in [5.41, 5.74) is 3.20. The largest absolute Gasteiger partial charge is 0.367 e. The summed E-state index contributed by atoms with van der Waals surface area (Å²) < 4.78 is 0. The van der Waals surface area contributed by atoms with E-state index in [1.807, 2.05) is 36.4 Å². The number of pyridine rings is 1. The molecule has 1 aliphatic rings. The van der Waals surface area contributed by atoms with Gasteiger partial charge in [-0.15, -0.1) is 5.10 Å². The maximum atomic E-state index is 11.5. The van der Waals surface area contributed by atoms with E-state index in [0.29, 0.717) is 11.5 Å². The number of urea groups is 1. The van der Waals surface area contributed by atoms with Crippen molar-refractivity contribution in [3.05, 3.63) is 59.9 Å². The van der Waals surface area contributed by atoms with E-state index in [9.17, 15) is 4.79 Å². The standard InChI is InChI=1S/C16H11N7O/c24-16-18-9-13(19-16)14(10-4-3-7-17-8-10)11-5-1-2-6-12(11)15-20-22-23-21-15/h1-9,14H,(H,20,21,22,23). The lowest BCUT2D eigenvalue weighted by Gasteiger charge is -2.18. The normalized spacial score (nSPS) is 14.7. The zero-order chi connectivity index (χ0) is 16.4. The predicted molar refractivity (Wildman–Crippen MR) is 87.0 cm³/mol. The Morgan fingerprint density at radius 3 is 2.71 bits per heavy atom. The van der Waals surface area contributed by atoms with Gasteiger partial charge in [0.25, 0.3) is 0 Å². The van der Waals surface area contributed by atoms with Crippen molar-refractivity contribution in [2.45, 2.75) is 5.92 Å². The molecule has 24 heavy (non-hydrogen) atoms. The summed E-state index contributed by atoms with van der Waals surface area (Å²) in [4.78, 5) is 23.5. The number of aliphatic imine (C=N–C) groups is 2. The molecule has 3 aromatic rings. The number of H-pyrrole nitrogens is 1. The number of amides is 2. The van der Waals surface area contributed by atoms with Gasteiger partial charge in [-0.05, 0) is 27.6 Å². The first-order chi connectivity index (χ1) is 11.8. The quantitative estimate of drug-likeness (QED) is 0.792. The van der Waals surface area contributed by atoms with Gasteiger partial charge in [-0.1, -0.05) is 30.3 Å². The molecule has 0 saturated heterocycles. The van der Waals surface area contributed by atoms with Gasteiger partial charge in [0.2, 0.25) is 0 Å². The molecule has 0 saturated carbocycles. The van der Waals surface area contributed by atoms with Crippen LogP contribution in [0.2, 0.25) is 0 Å². The van der Waals surface area contributed by atoms with Crippen LogP contribution in [-0.2, 0) is 0 Å². The van der Waals surface area contributed by atoms with Crippen LogP contribution in [0, 0.1) is 0 Å². The molecule has 1 aromatic carbocycles. The zero-order valence-electron chi connectivity index (χ0n) is 12.4. The zero-order valence-corrected chi connectivity index (χ0v) is 12.4.